The van der Waals surface area contributed by atoms with Gasteiger partial charge in [0, 0.05) is 18.5 Å². The molecule has 2 N–H and O–H groups in total. The van der Waals surface area contributed by atoms with Crippen molar-refractivity contribution < 1.29 is 0 Å². The number of aromatic nitrogens is 1. The molecule has 1 aliphatic rings. The molecule has 1 aromatic rings. The summed E-state index contributed by atoms with van der Waals surface area (Å²) in [5, 5.41) is 7.90. The van der Waals surface area contributed by atoms with Crippen molar-refractivity contribution in [2.75, 3.05) is 13.6 Å². The second kappa shape index (κ2) is 8.37. The van der Waals surface area contributed by atoms with Crippen LogP contribution in [0.1, 0.15) is 54.1 Å². The van der Waals surface area contributed by atoms with E-state index >= 15 is 0 Å². The first kappa shape index (κ1) is 16.3. The summed E-state index contributed by atoms with van der Waals surface area (Å²) in [6.45, 7) is 5.95. The lowest BCUT2D eigenvalue weighted by molar-refractivity contribution is 0.339. The number of nitrogens with one attached hydrogen (secondary N) is 2. The highest BCUT2D eigenvalue weighted by atomic mass is 32.1. The first-order valence-electron chi connectivity index (χ1n) is 8.06. The predicted octanol–water partition coefficient (Wildman–Crippen LogP) is 3.40. The van der Waals surface area contributed by atoms with Gasteiger partial charge < -0.3 is 10.6 Å². The average Bonchev–Trinajstić information content (AvgIpc) is 2.82. The van der Waals surface area contributed by atoms with Crippen molar-refractivity contribution in [2.24, 2.45) is 10.9 Å². The smallest absolute Gasteiger partial charge is 0.191 e. The third-order valence-electron chi connectivity index (χ3n) is 4.27. The molecule has 2 rings (SSSR count). The Morgan fingerprint density at radius 2 is 2.00 bits per heavy atom. The minimum Gasteiger partial charge on any atom is -0.356 e. The molecule has 0 saturated heterocycles. The first-order valence-corrected chi connectivity index (χ1v) is 8.88. The van der Waals surface area contributed by atoms with Crippen molar-refractivity contribution in [1.29, 1.82) is 0 Å². The second-order valence-corrected chi connectivity index (χ2v) is 7.18. The van der Waals surface area contributed by atoms with Crippen molar-refractivity contribution in [3.63, 3.8) is 0 Å². The fourth-order valence-corrected chi connectivity index (χ4v) is 3.74. The maximum Gasteiger partial charge on any atom is 0.191 e. The van der Waals surface area contributed by atoms with E-state index < -0.39 is 0 Å². The van der Waals surface area contributed by atoms with Crippen LogP contribution in [0.2, 0.25) is 0 Å². The highest BCUT2D eigenvalue weighted by Gasteiger charge is 2.13. The van der Waals surface area contributed by atoms with Gasteiger partial charge in [-0.25, -0.2) is 4.98 Å². The summed E-state index contributed by atoms with van der Waals surface area (Å²) < 4.78 is 0. The summed E-state index contributed by atoms with van der Waals surface area (Å²) >= 11 is 1.76. The molecule has 4 nitrogen and oxygen atoms in total. The summed E-state index contributed by atoms with van der Waals surface area (Å²) in [5.41, 5.74) is 1.14. The lowest BCUT2D eigenvalue weighted by Crippen LogP contribution is -2.37. The number of thiazole rings is 1. The van der Waals surface area contributed by atoms with Crippen LogP contribution in [-0.2, 0) is 6.54 Å². The third-order valence-corrected chi connectivity index (χ3v) is 5.35. The third kappa shape index (κ3) is 5.30. The minimum atomic E-state index is 0.752. The Kier molecular flexibility index (Phi) is 6.49. The van der Waals surface area contributed by atoms with E-state index in [9.17, 15) is 0 Å². The fraction of sp³-hybridized carbons (Fsp3) is 0.750. The molecule has 0 aromatic carbocycles. The number of rotatable bonds is 5. The molecule has 0 bridgehead atoms. The first-order chi connectivity index (χ1) is 10.2. The van der Waals surface area contributed by atoms with E-state index in [1.807, 2.05) is 7.05 Å². The van der Waals surface area contributed by atoms with E-state index in [0.717, 1.165) is 35.7 Å². The molecule has 0 unspecified atom stereocenters. The standard InChI is InChI=1S/C16H28N4S/c1-12-13(2)21-15(20-12)11-19-16(17-3)18-10-9-14-7-5-4-6-8-14/h14H,4-11H2,1-3H3,(H2,17,18,19). The van der Waals surface area contributed by atoms with Crippen LogP contribution < -0.4 is 10.6 Å². The van der Waals surface area contributed by atoms with Crippen LogP contribution >= 0.6 is 11.3 Å². The van der Waals surface area contributed by atoms with Gasteiger partial charge in [-0.3, -0.25) is 4.99 Å². The van der Waals surface area contributed by atoms with Gasteiger partial charge in [-0.2, -0.15) is 0 Å². The van der Waals surface area contributed by atoms with Crippen molar-refractivity contribution >= 4 is 17.3 Å². The number of hydrogen-bond acceptors (Lipinski definition) is 3. The van der Waals surface area contributed by atoms with Gasteiger partial charge in [0.2, 0.25) is 0 Å². The Morgan fingerprint density at radius 3 is 2.62 bits per heavy atom. The van der Waals surface area contributed by atoms with Crippen molar-refractivity contribution in [3.8, 4) is 0 Å². The summed E-state index contributed by atoms with van der Waals surface area (Å²) in [6, 6.07) is 0. The van der Waals surface area contributed by atoms with E-state index in [4.69, 9.17) is 0 Å². The molecule has 1 heterocycles. The van der Waals surface area contributed by atoms with Gasteiger partial charge in [-0.05, 0) is 26.2 Å². The molecule has 1 aliphatic carbocycles. The Morgan fingerprint density at radius 1 is 1.24 bits per heavy atom. The van der Waals surface area contributed by atoms with E-state index in [1.54, 1.807) is 11.3 Å². The van der Waals surface area contributed by atoms with Crippen LogP contribution in [0.4, 0.5) is 0 Å². The maximum atomic E-state index is 4.54. The Hall–Kier alpha value is -1.10. The molecule has 0 spiro atoms. The van der Waals surface area contributed by atoms with Gasteiger partial charge in [-0.15, -0.1) is 11.3 Å². The number of guanidine groups is 1. The zero-order valence-corrected chi connectivity index (χ0v) is 14.4. The van der Waals surface area contributed by atoms with Crippen LogP contribution in [-0.4, -0.2) is 24.5 Å². The van der Waals surface area contributed by atoms with Gasteiger partial charge >= 0.3 is 0 Å². The molecule has 0 radical (unpaired) electrons. The van der Waals surface area contributed by atoms with Crippen LogP contribution in [0, 0.1) is 19.8 Å². The number of nitrogens with zero attached hydrogens (tertiary/aromatic N) is 2. The predicted molar refractivity (Wildman–Crippen MR) is 91.0 cm³/mol. The minimum absolute atomic E-state index is 0.752. The van der Waals surface area contributed by atoms with Gasteiger partial charge in [-0.1, -0.05) is 32.1 Å². The molecule has 118 valence electrons. The van der Waals surface area contributed by atoms with Crippen molar-refractivity contribution in [1.82, 2.24) is 15.6 Å². The summed E-state index contributed by atoms with van der Waals surface area (Å²) in [6.07, 6.45) is 8.34. The molecule has 0 aliphatic heterocycles. The van der Waals surface area contributed by atoms with Crippen LogP contribution in [0.25, 0.3) is 0 Å². The molecule has 0 amide bonds. The molecule has 1 fully saturated rings. The van der Waals surface area contributed by atoms with E-state index in [0.29, 0.717) is 0 Å². The van der Waals surface area contributed by atoms with Gasteiger partial charge in [0.15, 0.2) is 5.96 Å². The molecule has 5 heteroatoms. The van der Waals surface area contributed by atoms with E-state index in [-0.39, 0.29) is 0 Å². The zero-order chi connectivity index (χ0) is 15.1. The van der Waals surface area contributed by atoms with Gasteiger partial charge in [0.25, 0.3) is 0 Å². The molecular weight excluding hydrogens is 280 g/mol. The van der Waals surface area contributed by atoms with E-state index in [2.05, 4.69) is 34.5 Å². The second-order valence-electron chi connectivity index (χ2n) is 5.89. The number of aliphatic imine (C=N–C) groups is 1. The summed E-state index contributed by atoms with van der Waals surface area (Å²) in [5.74, 6) is 1.80. The molecule has 0 atom stereocenters. The lowest BCUT2D eigenvalue weighted by atomic mass is 9.87. The van der Waals surface area contributed by atoms with Crippen LogP contribution in [0.5, 0.6) is 0 Å². The Labute approximate surface area is 132 Å². The van der Waals surface area contributed by atoms with Crippen LogP contribution in [0.3, 0.4) is 0 Å². The topological polar surface area (TPSA) is 49.3 Å². The quantitative estimate of drug-likeness (QED) is 0.647. The largest absolute Gasteiger partial charge is 0.356 e. The SMILES string of the molecule is CN=C(NCCC1CCCCC1)NCc1nc(C)c(C)s1. The Bertz CT molecular complexity index is 441. The zero-order valence-electron chi connectivity index (χ0n) is 13.5. The highest BCUT2D eigenvalue weighted by Crippen LogP contribution is 2.25. The maximum absolute atomic E-state index is 4.54. The summed E-state index contributed by atoms with van der Waals surface area (Å²) in [4.78, 5) is 10.1. The summed E-state index contributed by atoms with van der Waals surface area (Å²) in [7, 11) is 1.83. The number of hydrogen-bond donors (Lipinski definition) is 2. The normalized spacial score (nSPS) is 17.0. The molecule has 21 heavy (non-hydrogen) atoms. The highest BCUT2D eigenvalue weighted by molar-refractivity contribution is 7.11. The number of aryl methyl sites for hydroxylation is 2. The van der Waals surface area contributed by atoms with Gasteiger partial charge in [0.1, 0.15) is 5.01 Å². The monoisotopic (exact) mass is 308 g/mol. The average molecular weight is 308 g/mol. The molecular formula is C16H28N4S. The van der Waals surface area contributed by atoms with Crippen LogP contribution in [0.15, 0.2) is 4.99 Å². The lowest BCUT2D eigenvalue weighted by Gasteiger charge is -2.22. The van der Waals surface area contributed by atoms with E-state index in [1.165, 1.54) is 43.4 Å². The molecule has 1 aromatic heterocycles. The molecule has 1 saturated carbocycles. The Balaban J connectivity index is 1.68. The van der Waals surface area contributed by atoms with Gasteiger partial charge in [0.05, 0.1) is 12.2 Å². The van der Waals surface area contributed by atoms with Crippen molar-refractivity contribution in [2.45, 2.75) is 58.9 Å². The fourth-order valence-electron chi connectivity index (χ4n) is 2.87. The van der Waals surface area contributed by atoms with Crippen molar-refractivity contribution in [3.05, 3.63) is 15.6 Å².